The van der Waals surface area contributed by atoms with Crippen molar-refractivity contribution >= 4 is 5.97 Å². The summed E-state index contributed by atoms with van der Waals surface area (Å²) in [6.45, 7) is 6.05. The van der Waals surface area contributed by atoms with Gasteiger partial charge in [-0.25, -0.2) is 0 Å². The second kappa shape index (κ2) is 6.58. The molecular formula is C17H25NO3. The molecule has 0 aliphatic heterocycles. The van der Waals surface area contributed by atoms with E-state index in [0.717, 1.165) is 29.5 Å². The third-order valence-corrected chi connectivity index (χ3v) is 4.11. The zero-order valence-electron chi connectivity index (χ0n) is 13.0. The van der Waals surface area contributed by atoms with Gasteiger partial charge in [0, 0.05) is 18.5 Å². The molecule has 116 valence electrons. The van der Waals surface area contributed by atoms with Crippen molar-refractivity contribution in [2.45, 2.75) is 64.6 Å². The molecule has 4 heteroatoms. The first-order chi connectivity index (χ1) is 9.88. The Hall–Kier alpha value is -1.39. The highest BCUT2D eigenvalue weighted by Gasteiger charge is 2.30. The number of benzene rings is 1. The maximum Gasteiger partial charge on any atom is 0.303 e. The van der Waals surface area contributed by atoms with Crippen molar-refractivity contribution in [2.24, 2.45) is 0 Å². The van der Waals surface area contributed by atoms with Crippen molar-refractivity contribution in [3.63, 3.8) is 0 Å². The number of aliphatic hydroxyl groups is 1. The zero-order valence-corrected chi connectivity index (χ0v) is 13.0. The molecule has 0 spiro atoms. The monoisotopic (exact) mass is 291 g/mol. The van der Waals surface area contributed by atoms with Crippen LogP contribution >= 0.6 is 0 Å². The number of hydrogen-bond donors (Lipinski definition) is 3. The predicted octanol–water partition coefficient (Wildman–Crippen LogP) is 2.63. The van der Waals surface area contributed by atoms with Crippen LogP contribution in [0.5, 0.6) is 0 Å². The first-order valence-electron chi connectivity index (χ1n) is 7.62. The molecule has 21 heavy (non-hydrogen) atoms. The largest absolute Gasteiger partial charge is 0.481 e. The lowest BCUT2D eigenvalue weighted by atomic mass is 9.90. The average molecular weight is 291 g/mol. The van der Waals surface area contributed by atoms with Crippen LogP contribution in [0.3, 0.4) is 0 Å². The van der Waals surface area contributed by atoms with Crippen molar-refractivity contribution in [1.29, 1.82) is 0 Å². The summed E-state index contributed by atoms with van der Waals surface area (Å²) in [6, 6.07) is 4.37. The SMILES string of the molecule is Cc1cc(C)c(C(O)C(CCC(=O)O)NC2CC2)c(C)c1. The minimum absolute atomic E-state index is 0.0748. The van der Waals surface area contributed by atoms with E-state index >= 15 is 0 Å². The lowest BCUT2D eigenvalue weighted by molar-refractivity contribution is -0.137. The average Bonchev–Trinajstić information content (AvgIpc) is 3.16. The molecule has 2 rings (SSSR count). The molecule has 0 aromatic heterocycles. The quantitative estimate of drug-likeness (QED) is 0.722. The summed E-state index contributed by atoms with van der Waals surface area (Å²) in [5.74, 6) is -0.817. The maximum atomic E-state index is 10.8. The molecule has 0 bridgehead atoms. The Labute approximate surface area is 126 Å². The van der Waals surface area contributed by atoms with Gasteiger partial charge in [0.15, 0.2) is 0 Å². The smallest absolute Gasteiger partial charge is 0.303 e. The molecule has 2 atom stereocenters. The summed E-state index contributed by atoms with van der Waals surface area (Å²) in [6.07, 6.45) is 2.08. The Morgan fingerprint density at radius 1 is 1.29 bits per heavy atom. The van der Waals surface area contributed by atoms with Gasteiger partial charge in [-0.3, -0.25) is 4.79 Å². The van der Waals surface area contributed by atoms with E-state index in [9.17, 15) is 9.90 Å². The van der Waals surface area contributed by atoms with Crippen LogP contribution in [0.25, 0.3) is 0 Å². The number of nitrogens with one attached hydrogen (secondary N) is 1. The third kappa shape index (κ3) is 4.29. The van der Waals surface area contributed by atoms with Crippen LogP contribution in [-0.4, -0.2) is 28.3 Å². The molecule has 0 radical (unpaired) electrons. The first kappa shape index (κ1) is 16.0. The standard InChI is InChI=1S/C17H25NO3/c1-10-8-11(2)16(12(3)9-10)17(21)14(6-7-15(19)20)18-13-4-5-13/h8-9,13-14,17-18,21H,4-7H2,1-3H3,(H,19,20). The van der Waals surface area contributed by atoms with Crippen LogP contribution in [0.2, 0.25) is 0 Å². The van der Waals surface area contributed by atoms with Gasteiger partial charge in [0.2, 0.25) is 0 Å². The van der Waals surface area contributed by atoms with Gasteiger partial charge in [-0.05, 0) is 56.7 Å². The van der Waals surface area contributed by atoms with Gasteiger partial charge in [-0.1, -0.05) is 17.7 Å². The van der Waals surface area contributed by atoms with Crippen molar-refractivity contribution in [3.05, 3.63) is 34.4 Å². The van der Waals surface area contributed by atoms with Gasteiger partial charge in [-0.2, -0.15) is 0 Å². The van der Waals surface area contributed by atoms with Crippen LogP contribution in [0.1, 0.15) is 54.0 Å². The third-order valence-electron chi connectivity index (χ3n) is 4.11. The van der Waals surface area contributed by atoms with E-state index in [-0.39, 0.29) is 12.5 Å². The van der Waals surface area contributed by atoms with Crippen LogP contribution in [0, 0.1) is 20.8 Å². The van der Waals surface area contributed by atoms with Crippen LogP contribution < -0.4 is 5.32 Å². The van der Waals surface area contributed by atoms with Crippen LogP contribution in [0.15, 0.2) is 12.1 Å². The van der Waals surface area contributed by atoms with Crippen molar-refractivity contribution in [3.8, 4) is 0 Å². The highest BCUT2D eigenvalue weighted by molar-refractivity contribution is 5.66. The molecule has 0 amide bonds. The highest BCUT2D eigenvalue weighted by Crippen LogP contribution is 2.30. The van der Waals surface area contributed by atoms with Gasteiger partial charge >= 0.3 is 5.97 Å². The van der Waals surface area contributed by atoms with Crippen molar-refractivity contribution in [1.82, 2.24) is 5.32 Å². The molecule has 0 heterocycles. The number of carboxylic acids is 1. The number of aliphatic hydroxyl groups excluding tert-OH is 1. The topological polar surface area (TPSA) is 69.6 Å². The molecule has 3 N–H and O–H groups in total. The maximum absolute atomic E-state index is 10.8. The van der Waals surface area contributed by atoms with Gasteiger partial charge in [0.25, 0.3) is 0 Å². The molecular weight excluding hydrogens is 266 g/mol. The van der Waals surface area contributed by atoms with E-state index in [1.165, 1.54) is 5.56 Å². The van der Waals surface area contributed by atoms with E-state index in [0.29, 0.717) is 12.5 Å². The van der Waals surface area contributed by atoms with E-state index in [1.807, 2.05) is 20.8 Å². The predicted molar refractivity (Wildman–Crippen MR) is 82.4 cm³/mol. The molecule has 1 aromatic carbocycles. The molecule has 1 aromatic rings. The van der Waals surface area contributed by atoms with E-state index < -0.39 is 12.1 Å². The number of carbonyl (C=O) groups is 1. The van der Waals surface area contributed by atoms with E-state index in [4.69, 9.17) is 5.11 Å². The van der Waals surface area contributed by atoms with Gasteiger partial charge in [0.1, 0.15) is 0 Å². The molecule has 0 saturated heterocycles. The molecule has 2 unspecified atom stereocenters. The fraction of sp³-hybridized carbons (Fsp3) is 0.588. The summed E-state index contributed by atoms with van der Waals surface area (Å²) >= 11 is 0. The van der Waals surface area contributed by atoms with Gasteiger partial charge < -0.3 is 15.5 Å². The molecule has 4 nitrogen and oxygen atoms in total. The van der Waals surface area contributed by atoms with E-state index in [1.54, 1.807) is 0 Å². The Kier molecular flexibility index (Phi) is 5.01. The second-order valence-corrected chi connectivity index (χ2v) is 6.24. The van der Waals surface area contributed by atoms with Gasteiger partial charge in [0.05, 0.1) is 6.10 Å². The number of aliphatic carboxylic acids is 1. The summed E-state index contributed by atoms with van der Waals surface area (Å²) in [5.41, 5.74) is 4.25. The first-order valence-corrected chi connectivity index (χ1v) is 7.62. The molecule has 1 saturated carbocycles. The Morgan fingerprint density at radius 2 is 1.86 bits per heavy atom. The minimum Gasteiger partial charge on any atom is -0.481 e. The normalized spacial score (nSPS) is 17.5. The summed E-state index contributed by atoms with van der Waals surface area (Å²) in [7, 11) is 0. The summed E-state index contributed by atoms with van der Waals surface area (Å²) < 4.78 is 0. The Balaban J connectivity index is 2.19. The van der Waals surface area contributed by atoms with Crippen LogP contribution in [-0.2, 0) is 4.79 Å². The van der Waals surface area contributed by atoms with Crippen molar-refractivity contribution in [2.75, 3.05) is 0 Å². The van der Waals surface area contributed by atoms with Crippen molar-refractivity contribution < 1.29 is 15.0 Å². The fourth-order valence-corrected chi connectivity index (χ4v) is 3.02. The molecule has 1 aliphatic rings. The van der Waals surface area contributed by atoms with E-state index in [2.05, 4.69) is 17.4 Å². The summed E-state index contributed by atoms with van der Waals surface area (Å²) in [4.78, 5) is 10.8. The number of carboxylic acid groups (broad SMARTS) is 1. The fourth-order valence-electron chi connectivity index (χ4n) is 3.02. The number of rotatable bonds is 7. The Bertz CT molecular complexity index is 500. The van der Waals surface area contributed by atoms with Crippen LogP contribution in [0.4, 0.5) is 0 Å². The lowest BCUT2D eigenvalue weighted by Crippen LogP contribution is -2.37. The lowest BCUT2D eigenvalue weighted by Gasteiger charge is -2.27. The Morgan fingerprint density at radius 3 is 2.33 bits per heavy atom. The number of aryl methyl sites for hydroxylation is 3. The highest BCUT2D eigenvalue weighted by atomic mass is 16.4. The van der Waals surface area contributed by atoms with Gasteiger partial charge in [-0.15, -0.1) is 0 Å². The second-order valence-electron chi connectivity index (χ2n) is 6.24. The number of hydrogen-bond acceptors (Lipinski definition) is 3. The zero-order chi connectivity index (χ0) is 15.6. The molecule has 1 fully saturated rings. The minimum atomic E-state index is -0.817. The summed E-state index contributed by atoms with van der Waals surface area (Å²) in [5, 5.41) is 23.1. The molecule has 1 aliphatic carbocycles.